The minimum Gasteiger partial charge on any atom is -0.360 e. The highest BCUT2D eigenvalue weighted by Crippen LogP contribution is 2.46. The van der Waals surface area contributed by atoms with Crippen molar-refractivity contribution in [3.8, 4) is 0 Å². The minimum atomic E-state index is -0.633. The summed E-state index contributed by atoms with van der Waals surface area (Å²) in [5, 5.41) is 6.62. The first-order chi connectivity index (χ1) is 12.6. The van der Waals surface area contributed by atoms with Crippen molar-refractivity contribution < 1.29 is 9.59 Å². The van der Waals surface area contributed by atoms with Crippen molar-refractivity contribution in [1.82, 2.24) is 15.2 Å². The summed E-state index contributed by atoms with van der Waals surface area (Å²) in [5.41, 5.74) is 1.02. The summed E-state index contributed by atoms with van der Waals surface area (Å²) in [6.07, 6.45) is 3.88. The van der Waals surface area contributed by atoms with Crippen LogP contribution in [-0.2, 0) is 0 Å². The number of nitrogens with one attached hydrogen (secondary N) is 3. The molecule has 5 rings (SSSR count). The monoisotopic (exact) mass is 350 g/mol. The van der Waals surface area contributed by atoms with Crippen molar-refractivity contribution in [2.75, 3.05) is 5.32 Å². The van der Waals surface area contributed by atoms with E-state index in [1.807, 2.05) is 23.1 Å². The van der Waals surface area contributed by atoms with Gasteiger partial charge >= 0.3 is 0 Å². The van der Waals surface area contributed by atoms with Crippen LogP contribution in [0.3, 0.4) is 0 Å². The van der Waals surface area contributed by atoms with E-state index >= 15 is 0 Å². The number of nitrogens with zero attached hydrogens (tertiary/aromatic N) is 1. The molecule has 2 saturated heterocycles. The number of carbonyl (C=O) groups excluding carboxylic acids is 2. The summed E-state index contributed by atoms with van der Waals surface area (Å²) < 4.78 is 0. The Hall–Kier alpha value is -3.09. The molecule has 2 aromatic rings. The maximum atomic E-state index is 13.0. The summed E-state index contributed by atoms with van der Waals surface area (Å²) in [7, 11) is 0. The third kappa shape index (κ3) is 2.03. The SMILES string of the molecule is O=C1N[C@@]2(C[C@H]3CC[C@H]2N3C(=O)c2ccc(=O)[nH]c2)Nc2ccccc21. The highest BCUT2D eigenvalue weighted by atomic mass is 16.2. The molecule has 0 aliphatic carbocycles. The molecular weight excluding hydrogens is 332 g/mol. The normalized spacial score (nSPS) is 28.6. The van der Waals surface area contributed by atoms with E-state index in [1.54, 1.807) is 12.1 Å². The number of fused-ring (bicyclic) bond motifs is 4. The molecule has 26 heavy (non-hydrogen) atoms. The summed E-state index contributed by atoms with van der Waals surface area (Å²) in [5.74, 6) is -0.219. The molecule has 2 fully saturated rings. The van der Waals surface area contributed by atoms with Gasteiger partial charge in [0.25, 0.3) is 11.8 Å². The molecule has 0 unspecified atom stereocenters. The van der Waals surface area contributed by atoms with Crippen LogP contribution in [-0.4, -0.2) is 39.4 Å². The number of pyridine rings is 1. The number of benzene rings is 1. The molecule has 1 spiro atoms. The lowest BCUT2D eigenvalue weighted by Crippen LogP contribution is -2.64. The first kappa shape index (κ1) is 15.2. The predicted octanol–water partition coefficient (Wildman–Crippen LogP) is 1.30. The lowest BCUT2D eigenvalue weighted by atomic mass is 9.86. The van der Waals surface area contributed by atoms with Crippen LogP contribution in [0.2, 0.25) is 0 Å². The smallest absolute Gasteiger partial charge is 0.255 e. The highest BCUT2D eigenvalue weighted by Gasteiger charge is 2.59. The third-order valence-corrected chi connectivity index (χ3v) is 5.76. The molecule has 1 aromatic heterocycles. The van der Waals surface area contributed by atoms with Gasteiger partial charge in [-0.3, -0.25) is 14.4 Å². The Labute approximate surface area is 149 Å². The molecule has 132 valence electrons. The van der Waals surface area contributed by atoms with Gasteiger partial charge < -0.3 is 20.5 Å². The van der Waals surface area contributed by atoms with E-state index in [9.17, 15) is 14.4 Å². The lowest BCUT2D eigenvalue weighted by Gasteiger charge is -2.43. The Morgan fingerprint density at radius 1 is 1.08 bits per heavy atom. The second-order valence-electron chi connectivity index (χ2n) is 7.20. The Morgan fingerprint density at radius 2 is 1.92 bits per heavy atom. The van der Waals surface area contributed by atoms with E-state index in [0.717, 1.165) is 18.5 Å². The average molecular weight is 350 g/mol. The van der Waals surface area contributed by atoms with Crippen molar-refractivity contribution in [3.05, 3.63) is 64.1 Å². The molecule has 0 radical (unpaired) electrons. The van der Waals surface area contributed by atoms with Gasteiger partial charge in [-0.15, -0.1) is 0 Å². The van der Waals surface area contributed by atoms with E-state index < -0.39 is 5.66 Å². The van der Waals surface area contributed by atoms with Crippen LogP contribution < -0.4 is 16.2 Å². The van der Waals surface area contributed by atoms with Gasteiger partial charge in [-0.25, -0.2) is 0 Å². The minimum absolute atomic E-state index is 0.0671. The highest BCUT2D eigenvalue weighted by molar-refractivity contribution is 6.02. The maximum Gasteiger partial charge on any atom is 0.255 e. The molecule has 7 nitrogen and oxygen atoms in total. The van der Waals surface area contributed by atoms with Crippen LogP contribution in [0, 0.1) is 0 Å². The Balaban J connectivity index is 1.50. The van der Waals surface area contributed by atoms with Gasteiger partial charge in [0.15, 0.2) is 0 Å². The van der Waals surface area contributed by atoms with Gasteiger partial charge in [0.2, 0.25) is 5.56 Å². The number of amides is 2. The summed E-state index contributed by atoms with van der Waals surface area (Å²) in [6.45, 7) is 0. The molecule has 1 aromatic carbocycles. The molecule has 2 amide bonds. The van der Waals surface area contributed by atoms with Crippen LogP contribution in [0.15, 0.2) is 47.4 Å². The molecule has 2 bridgehead atoms. The number of hydrogen-bond donors (Lipinski definition) is 3. The summed E-state index contributed by atoms with van der Waals surface area (Å²) in [4.78, 5) is 41.3. The van der Waals surface area contributed by atoms with E-state index in [1.165, 1.54) is 12.3 Å². The van der Waals surface area contributed by atoms with Crippen molar-refractivity contribution in [2.45, 2.75) is 37.0 Å². The number of rotatable bonds is 1. The Morgan fingerprint density at radius 3 is 2.73 bits per heavy atom. The number of anilines is 1. The van der Waals surface area contributed by atoms with Crippen molar-refractivity contribution in [1.29, 1.82) is 0 Å². The zero-order valence-electron chi connectivity index (χ0n) is 14.0. The summed E-state index contributed by atoms with van der Waals surface area (Å²) >= 11 is 0. The molecule has 3 aliphatic heterocycles. The average Bonchev–Trinajstić information content (AvgIpc) is 3.17. The molecule has 3 atom stereocenters. The van der Waals surface area contributed by atoms with Crippen LogP contribution in [0.1, 0.15) is 40.0 Å². The number of H-pyrrole nitrogens is 1. The van der Waals surface area contributed by atoms with Gasteiger partial charge in [-0.2, -0.15) is 0 Å². The second-order valence-corrected chi connectivity index (χ2v) is 7.20. The zero-order chi connectivity index (χ0) is 17.9. The molecule has 3 N–H and O–H groups in total. The van der Waals surface area contributed by atoms with Crippen molar-refractivity contribution in [3.63, 3.8) is 0 Å². The van der Waals surface area contributed by atoms with Gasteiger partial charge in [0.1, 0.15) is 5.66 Å². The first-order valence-electron chi connectivity index (χ1n) is 8.78. The fourth-order valence-corrected chi connectivity index (χ4v) is 4.68. The fourth-order valence-electron chi connectivity index (χ4n) is 4.68. The van der Waals surface area contributed by atoms with E-state index in [4.69, 9.17) is 0 Å². The molecule has 4 heterocycles. The topological polar surface area (TPSA) is 94.3 Å². The maximum absolute atomic E-state index is 13.0. The number of para-hydroxylation sites is 1. The van der Waals surface area contributed by atoms with Gasteiger partial charge in [0, 0.05) is 30.4 Å². The standard InChI is InChI=1S/C19H18N4O3/c24-16-8-5-11(10-20-16)18(26)23-12-6-7-15(23)19(9-12)21-14-4-2-1-3-13(14)17(25)22-19/h1-5,8,10,12,15,21H,6-7,9H2,(H,20,24)(H,22,25)/t12-,15-,19-/m1/s1. The van der Waals surface area contributed by atoms with E-state index in [0.29, 0.717) is 17.5 Å². The second kappa shape index (κ2) is 5.20. The van der Waals surface area contributed by atoms with E-state index in [-0.39, 0.29) is 29.5 Å². The van der Waals surface area contributed by atoms with Crippen molar-refractivity contribution in [2.24, 2.45) is 0 Å². The number of carbonyl (C=O) groups is 2. The van der Waals surface area contributed by atoms with Crippen molar-refractivity contribution >= 4 is 17.5 Å². The van der Waals surface area contributed by atoms with Crippen LogP contribution in [0.5, 0.6) is 0 Å². The van der Waals surface area contributed by atoms with Gasteiger partial charge in [-0.05, 0) is 31.0 Å². The van der Waals surface area contributed by atoms with Crippen LogP contribution >= 0.6 is 0 Å². The Kier molecular flexibility index (Phi) is 3.04. The quantitative estimate of drug-likeness (QED) is 0.723. The molecular formula is C19H18N4O3. The number of aromatic amines is 1. The number of aromatic nitrogens is 1. The van der Waals surface area contributed by atoms with Gasteiger partial charge in [-0.1, -0.05) is 12.1 Å². The van der Waals surface area contributed by atoms with Crippen LogP contribution in [0.25, 0.3) is 0 Å². The largest absolute Gasteiger partial charge is 0.360 e. The Bertz CT molecular complexity index is 964. The van der Waals surface area contributed by atoms with Gasteiger partial charge in [0.05, 0.1) is 17.2 Å². The fraction of sp³-hybridized carbons (Fsp3) is 0.316. The lowest BCUT2D eigenvalue weighted by molar-refractivity contribution is 0.0691. The van der Waals surface area contributed by atoms with E-state index in [2.05, 4.69) is 15.6 Å². The van der Waals surface area contributed by atoms with Crippen LogP contribution in [0.4, 0.5) is 5.69 Å². The summed E-state index contributed by atoms with van der Waals surface area (Å²) in [6, 6.07) is 10.3. The molecule has 7 heteroatoms. The third-order valence-electron chi connectivity index (χ3n) is 5.76. The molecule has 0 saturated carbocycles. The molecule has 3 aliphatic rings. The predicted molar refractivity (Wildman–Crippen MR) is 94.9 cm³/mol. The first-order valence-corrected chi connectivity index (χ1v) is 8.78. The number of hydrogen-bond acceptors (Lipinski definition) is 4. The zero-order valence-corrected chi connectivity index (χ0v) is 14.0.